The normalized spacial score (nSPS) is 15.8. The van der Waals surface area contributed by atoms with E-state index >= 15 is 0 Å². The van der Waals surface area contributed by atoms with Crippen molar-refractivity contribution in [3.8, 4) is 0 Å². The van der Waals surface area contributed by atoms with Gasteiger partial charge in [-0.25, -0.2) is 0 Å². The third kappa shape index (κ3) is 1.78. The Morgan fingerprint density at radius 2 is 1.82 bits per heavy atom. The fraction of sp³-hybridized carbons (Fsp3) is 0.214. The van der Waals surface area contributed by atoms with Gasteiger partial charge in [0, 0.05) is 5.92 Å². The van der Waals surface area contributed by atoms with E-state index in [1.807, 2.05) is 18.2 Å². The number of hydrogen-bond acceptors (Lipinski definition) is 3. The molecule has 1 saturated heterocycles. The van der Waals surface area contributed by atoms with Crippen LogP contribution >= 0.6 is 0 Å². The average Bonchev–Trinajstić information content (AvgIpc) is 2.26. The molecule has 3 heteroatoms. The quantitative estimate of drug-likeness (QED) is 0.777. The summed E-state index contributed by atoms with van der Waals surface area (Å²) in [5.41, 5.74) is 1.47. The molecule has 0 amide bonds. The van der Waals surface area contributed by atoms with E-state index in [1.54, 1.807) is 12.1 Å². The summed E-state index contributed by atoms with van der Waals surface area (Å²) in [4.78, 5) is 10.7. The van der Waals surface area contributed by atoms with Gasteiger partial charge in [-0.1, -0.05) is 30.3 Å². The van der Waals surface area contributed by atoms with Crippen LogP contribution in [-0.4, -0.2) is 19.2 Å². The van der Waals surface area contributed by atoms with Crippen molar-refractivity contribution in [2.75, 3.05) is 13.2 Å². The molecule has 0 unspecified atom stereocenters. The zero-order valence-electron chi connectivity index (χ0n) is 9.18. The number of carboxylic acids is 1. The van der Waals surface area contributed by atoms with Gasteiger partial charge in [0.25, 0.3) is 0 Å². The van der Waals surface area contributed by atoms with Gasteiger partial charge in [-0.15, -0.1) is 0 Å². The van der Waals surface area contributed by atoms with E-state index in [1.165, 1.54) is 5.56 Å². The van der Waals surface area contributed by atoms with Crippen molar-refractivity contribution in [1.82, 2.24) is 0 Å². The Morgan fingerprint density at radius 1 is 1.12 bits per heavy atom. The number of carbonyl (C=O) groups is 1. The highest BCUT2D eigenvalue weighted by Gasteiger charge is 2.20. The summed E-state index contributed by atoms with van der Waals surface area (Å²) >= 11 is 0. The molecule has 2 aromatic rings. The molecule has 0 atom stereocenters. The predicted molar refractivity (Wildman–Crippen MR) is 61.8 cm³/mol. The number of carboxylic acid groups (broad SMARTS) is 1. The SMILES string of the molecule is O=C([O-])c1ccc2cc(C3COC3)ccc2c1. The summed E-state index contributed by atoms with van der Waals surface area (Å²) in [6.07, 6.45) is 0. The Hall–Kier alpha value is -1.87. The van der Waals surface area contributed by atoms with E-state index in [-0.39, 0.29) is 5.56 Å². The number of rotatable bonds is 2. The second-order valence-corrected chi connectivity index (χ2v) is 4.34. The number of ether oxygens (including phenoxy) is 1. The lowest BCUT2D eigenvalue weighted by Gasteiger charge is -2.26. The van der Waals surface area contributed by atoms with Gasteiger partial charge >= 0.3 is 0 Å². The van der Waals surface area contributed by atoms with Crippen molar-refractivity contribution >= 4 is 16.7 Å². The lowest BCUT2D eigenvalue weighted by molar-refractivity contribution is -0.255. The van der Waals surface area contributed by atoms with Crippen LogP contribution in [0.15, 0.2) is 36.4 Å². The van der Waals surface area contributed by atoms with Crippen LogP contribution in [0.5, 0.6) is 0 Å². The van der Waals surface area contributed by atoms with Gasteiger partial charge in [0.2, 0.25) is 0 Å². The number of carbonyl (C=O) groups excluding carboxylic acids is 1. The molecule has 0 aliphatic carbocycles. The van der Waals surface area contributed by atoms with Crippen LogP contribution in [0.2, 0.25) is 0 Å². The number of hydrogen-bond donors (Lipinski definition) is 0. The summed E-state index contributed by atoms with van der Waals surface area (Å²) in [6.45, 7) is 1.56. The summed E-state index contributed by atoms with van der Waals surface area (Å²) < 4.78 is 5.17. The standard InChI is InChI=1S/C14H12O3/c15-14(16)12-4-3-9-5-11(13-7-17-8-13)2-1-10(9)6-12/h1-6,13H,7-8H2,(H,15,16)/p-1. The summed E-state index contributed by atoms with van der Waals surface area (Å²) in [7, 11) is 0. The molecule has 1 heterocycles. The van der Waals surface area contributed by atoms with E-state index in [2.05, 4.69) is 6.07 Å². The largest absolute Gasteiger partial charge is 0.545 e. The van der Waals surface area contributed by atoms with Gasteiger partial charge in [0.15, 0.2) is 0 Å². The molecule has 0 radical (unpaired) electrons. The van der Waals surface area contributed by atoms with E-state index < -0.39 is 5.97 Å². The Morgan fingerprint density at radius 3 is 2.47 bits per heavy atom. The monoisotopic (exact) mass is 227 g/mol. The number of benzene rings is 2. The summed E-state index contributed by atoms with van der Waals surface area (Å²) in [6, 6.07) is 11.1. The number of aromatic carboxylic acids is 1. The molecule has 17 heavy (non-hydrogen) atoms. The van der Waals surface area contributed by atoms with Gasteiger partial charge < -0.3 is 14.6 Å². The van der Waals surface area contributed by atoms with Crippen molar-refractivity contribution in [1.29, 1.82) is 0 Å². The third-order valence-corrected chi connectivity index (χ3v) is 3.21. The first-order chi connectivity index (χ1) is 8.24. The smallest absolute Gasteiger partial charge is 0.0715 e. The van der Waals surface area contributed by atoms with Crippen molar-refractivity contribution in [3.05, 3.63) is 47.5 Å². The minimum Gasteiger partial charge on any atom is -0.545 e. The highest BCUT2D eigenvalue weighted by Crippen LogP contribution is 2.27. The molecule has 3 rings (SSSR count). The predicted octanol–water partition coefficient (Wildman–Crippen LogP) is 1.32. The first-order valence-corrected chi connectivity index (χ1v) is 5.57. The Balaban J connectivity index is 2.05. The van der Waals surface area contributed by atoms with Gasteiger partial charge in [-0.05, 0) is 28.0 Å². The lowest BCUT2D eigenvalue weighted by Crippen LogP contribution is -2.24. The van der Waals surface area contributed by atoms with Crippen LogP contribution in [0.1, 0.15) is 21.8 Å². The third-order valence-electron chi connectivity index (χ3n) is 3.21. The fourth-order valence-corrected chi connectivity index (χ4v) is 2.07. The van der Waals surface area contributed by atoms with Crippen LogP contribution in [0.4, 0.5) is 0 Å². The average molecular weight is 227 g/mol. The molecular weight excluding hydrogens is 216 g/mol. The highest BCUT2D eigenvalue weighted by atomic mass is 16.5. The van der Waals surface area contributed by atoms with Crippen LogP contribution < -0.4 is 5.11 Å². The molecule has 0 spiro atoms. The maximum atomic E-state index is 10.7. The molecular formula is C14H11O3-. The van der Waals surface area contributed by atoms with Crippen molar-refractivity contribution < 1.29 is 14.6 Å². The van der Waals surface area contributed by atoms with Crippen molar-refractivity contribution in [2.24, 2.45) is 0 Å². The zero-order valence-corrected chi connectivity index (χ0v) is 9.18. The number of fused-ring (bicyclic) bond motifs is 1. The molecule has 0 bridgehead atoms. The Bertz CT molecular complexity index is 585. The van der Waals surface area contributed by atoms with E-state index in [4.69, 9.17) is 4.74 Å². The zero-order chi connectivity index (χ0) is 11.8. The van der Waals surface area contributed by atoms with Crippen molar-refractivity contribution in [3.63, 3.8) is 0 Å². The van der Waals surface area contributed by atoms with Gasteiger partial charge in [-0.3, -0.25) is 0 Å². The molecule has 0 saturated carbocycles. The lowest BCUT2D eigenvalue weighted by atomic mass is 9.94. The topological polar surface area (TPSA) is 49.4 Å². The minimum atomic E-state index is -1.14. The summed E-state index contributed by atoms with van der Waals surface area (Å²) in [5, 5.41) is 12.7. The van der Waals surface area contributed by atoms with Crippen LogP contribution in [0.3, 0.4) is 0 Å². The van der Waals surface area contributed by atoms with E-state index in [9.17, 15) is 9.90 Å². The Kier molecular flexibility index (Phi) is 2.34. The molecule has 0 aromatic heterocycles. The van der Waals surface area contributed by atoms with Crippen LogP contribution in [-0.2, 0) is 4.74 Å². The maximum absolute atomic E-state index is 10.7. The molecule has 2 aromatic carbocycles. The molecule has 1 aliphatic rings. The maximum Gasteiger partial charge on any atom is 0.0715 e. The van der Waals surface area contributed by atoms with Crippen LogP contribution in [0.25, 0.3) is 10.8 Å². The second-order valence-electron chi connectivity index (χ2n) is 4.34. The highest BCUT2D eigenvalue weighted by molar-refractivity contribution is 5.93. The van der Waals surface area contributed by atoms with Crippen molar-refractivity contribution in [2.45, 2.75) is 5.92 Å². The van der Waals surface area contributed by atoms with E-state index in [0.717, 1.165) is 24.0 Å². The fourth-order valence-electron chi connectivity index (χ4n) is 2.07. The first-order valence-electron chi connectivity index (χ1n) is 5.57. The van der Waals surface area contributed by atoms with E-state index in [0.29, 0.717) is 5.92 Å². The summed E-state index contributed by atoms with van der Waals surface area (Å²) in [5.74, 6) is -0.649. The second kappa shape index (κ2) is 3.86. The first kappa shape index (κ1) is 10.3. The van der Waals surface area contributed by atoms with Gasteiger partial charge in [0.1, 0.15) is 0 Å². The molecule has 1 fully saturated rings. The molecule has 86 valence electrons. The van der Waals surface area contributed by atoms with Crippen LogP contribution in [0, 0.1) is 0 Å². The Labute approximate surface area is 98.6 Å². The van der Waals surface area contributed by atoms with Gasteiger partial charge in [-0.2, -0.15) is 0 Å². The molecule has 3 nitrogen and oxygen atoms in total. The molecule has 1 aliphatic heterocycles. The minimum absolute atomic E-state index is 0.220. The molecule has 0 N–H and O–H groups in total. The van der Waals surface area contributed by atoms with Gasteiger partial charge in [0.05, 0.1) is 19.2 Å².